The van der Waals surface area contributed by atoms with E-state index in [0.29, 0.717) is 11.6 Å². The second-order valence-electron chi connectivity index (χ2n) is 8.81. The molecule has 1 amide bonds. The molecule has 0 bridgehead atoms. The summed E-state index contributed by atoms with van der Waals surface area (Å²) in [4.78, 5) is 17.8. The van der Waals surface area contributed by atoms with Crippen molar-refractivity contribution in [3.05, 3.63) is 53.6 Å². The van der Waals surface area contributed by atoms with Gasteiger partial charge in [-0.1, -0.05) is 6.07 Å². The summed E-state index contributed by atoms with van der Waals surface area (Å²) in [5.74, 6) is 1.37. The maximum atomic E-state index is 12.9. The molecular weight excluding hydrogens is 378 g/mol. The summed E-state index contributed by atoms with van der Waals surface area (Å²) in [6.45, 7) is 12.9. The minimum Gasteiger partial charge on any atom is -0.454 e. The molecule has 0 aliphatic carbocycles. The number of nitrogens with zero attached hydrogens (tertiary/aromatic N) is 2. The molecule has 0 unspecified atom stereocenters. The first-order chi connectivity index (χ1) is 14.3. The van der Waals surface area contributed by atoms with Crippen LogP contribution in [0.2, 0.25) is 0 Å². The summed E-state index contributed by atoms with van der Waals surface area (Å²) in [5.41, 5.74) is 2.27. The standard InChI is InChI=1S/C24H31N3O3/c1-17(2)26-11-13-27(14-12-26)20-8-5-18(6-9-20)23(28)25-24(3,4)19-7-10-21-22(15-19)30-16-29-21/h5-10,15,17H,11-14,16H2,1-4H3,(H,25,28). The highest BCUT2D eigenvalue weighted by Gasteiger charge is 2.26. The molecule has 6 nitrogen and oxygen atoms in total. The predicted octanol–water partition coefficient (Wildman–Crippen LogP) is 3.61. The summed E-state index contributed by atoms with van der Waals surface area (Å²) in [5, 5.41) is 3.14. The molecule has 2 heterocycles. The minimum absolute atomic E-state index is 0.0890. The molecule has 0 radical (unpaired) electrons. The number of rotatable bonds is 5. The first kappa shape index (κ1) is 20.5. The highest BCUT2D eigenvalue weighted by molar-refractivity contribution is 5.95. The van der Waals surface area contributed by atoms with Gasteiger partial charge in [0.25, 0.3) is 5.91 Å². The summed E-state index contributed by atoms with van der Waals surface area (Å²) in [7, 11) is 0. The molecule has 1 fully saturated rings. The van der Waals surface area contributed by atoms with Gasteiger partial charge in [-0.15, -0.1) is 0 Å². The molecule has 30 heavy (non-hydrogen) atoms. The number of carbonyl (C=O) groups is 1. The van der Waals surface area contributed by atoms with E-state index in [1.165, 1.54) is 5.69 Å². The number of anilines is 1. The molecule has 0 saturated carbocycles. The maximum absolute atomic E-state index is 12.9. The van der Waals surface area contributed by atoms with Crippen LogP contribution in [0.3, 0.4) is 0 Å². The number of ether oxygens (including phenoxy) is 2. The summed E-state index contributed by atoms with van der Waals surface area (Å²) < 4.78 is 10.9. The lowest BCUT2D eigenvalue weighted by molar-refractivity contribution is 0.0912. The molecule has 2 aromatic carbocycles. The number of hydrogen-bond acceptors (Lipinski definition) is 5. The Morgan fingerprint density at radius 1 is 0.967 bits per heavy atom. The Morgan fingerprint density at radius 3 is 2.30 bits per heavy atom. The number of nitrogens with one attached hydrogen (secondary N) is 1. The molecule has 1 N–H and O–H groups in total. The van der Waals surface area contributed by atoms with Crippen LogP contribution < -0.4 is 19.7 Å². The maximum Gasteiger partial charge on any atom is 0.251 e. The van der Waals surface area contributed by atoms with Crippen LogP contribution in [0.25, 0.3) is 0 Å². The third-order valence-corrected chi connectivity index (χ3v) is 6.06. The Morgan fingerprint density at radius 2 is 1.63 bits per heavy atom. The van der Waals surface area contributed by atoms with Gasteiger partial charge in [-0.25, -0.2) is 0 Å². The number of benzene rings is 2. The average Bonchev–Trinajstić information content (AvgIpc) is 3.21. The van der Waals surface area contributed by atoms with Crippen molar-refractivity contribution in [1.82, 2.24) is 10.2 Å². The van der Waals surface area contributed by atoms with Crippen LogP contribution >= 0.6 is 0 Å². The Hall–Kier alpha value is -2.73. The van der Waals surface area contributed by atoms with E-state index in [-0.39, 0.29) is 12.7 Å². The Labute approximate surface area is 178 Å². The van der Waals surface area contributed by atoms with Crippen molar-refractivity contribution in [2.24, 2.45) is 0 Å². The summed E-state index contributed by atoms with van der Waals surface area (Å²) in [6, 6.07) is 14.3. The van der Waals surface area contributed by atoms with Gasteiger partial charge in [0.05, 0.1) is 5.54 Å². The zero-order valence-electron chi connectivity index (χ0n) is 18.3. The van der Waals surface area contributed by atoms with Gasteiger partial charge in [0, 0.05) is 43.5 Å². The molecule has 160 valence electrons. The fourth-order valence-electron chi connectivity index (χ4n) is 4.03. The lowest BCUT2D eigenvalue weighted by Crippen LogP contribution is -2.48. The van der Waals surface area contributed by atoms with E-state index >= 15 is 0 Å². The number of fused-ring (bicyclic) bond motifs is 1. The highest BCUT2D eigenvalue weighted by atomic mass is 16.7. The molecular formula is C24H31N3O3. The van der Waals surface area contributed by atoms with Gasteiger partial charge in [0.1, 0.15) is 0 Å². The van der Waals surface area contributed by atoms with Crippen molar-refractivity contribution < 1.29 is 14.3 Å². The van der Waals surface area contributed by atoms with E-state index in [0.717, 1.165) is 43.2 Å². The third-order valence-electron chi connectivity index (χ3n) is 6.06. The number of hydrogen-bond donors (Lipinski definition) is 1. The van der Waals surface area contributed by atoms with Crippen molar-refractivity contribution in [3.8, 4) is 11.5 Å². The molecule has 0 aromatic heterocycles. The normalized spacial score (nSPS) is 16.8. The molecule has 4 rings (SSSR count). The van der Waals surface area contributed by atoms with Gasteiger partial charge in [0.15, 0.2) is 11.5 Å². The van der Waals surface area contributed by atoms with Gasteiger partial charge < -0.3 is 19.7 Å². The Balaban J connectivity index is 1.40. The second kappa shape index (κ2) is 8.19. The van der Waals surface area contributed by atoms with Gasteiger partial charge in [-0.2, -0.15) is 0 Å². The average molecular weight is 410 g/mol. The van der Waals surface area contributed by atoms with Crippen molar-refractivity contribution in [2.75, 3.05) is 37.9 Å². The molecule has 2 aliphatic rings. The molecule has 1 saturated heterocycles. The van der Waals surface area contributed by atoms with Crippen molar-refractivity contribution >= 4 is 11.6 Å². The summed E-state index contributed by atoms with van der Waals surface area (Å²) in [6.07, 6.45) is 0. The van der Waals surface area contributed by atoms with Crippen molar-refractivity contribution in [1.29, 1.82) is 0 Å². The SMILES string of the molecule is CC(C)N1CCN(c2ccc(C(=O)NC(C)(C)c3ccc4c(c3)OCO4)cc2)CC1. The Bertz CT molecular complexity index is 900. The predicted molar refractivity (Wildman–Crippen MR) is 118 cm³/mol. The van der Waals surface area contributed by atoms with Crippen LogP contribution in [0.5, 0.6) is 11.5 Å². The third kappa shape index (κ3) is 4.24. The second-order valence-corrected chi connectivity index (χ2v) is 8.81. The lowest BCUT2D eigenvalue weighted by atomic mass is 9.93. The Kier molecular flexibility index (Phi) is 5.60. The van der Waals surface area contributed by atoms with E-state index in [1.807, 2.05) is 56.3 Å². The molecule has 0 atom stereocenters. The number of piperazine rings is 1. The van der Waals surface area contributed by atoms with Crippen LogP contribution in [0.4, 0.5) is 5.69 Å². The smallest absolute Gasteiger partial charge is 0.251 e. The van der Waals surface area contributed by atoms with Crippen molar-refractivity contribution in [2.45, 2.75) is 39.3 Å². The molecule has 2 aromatic rings. The van der Waals surface area contributed by atoms with Crippen molar-refractivity contribution in [3.63, 3.8) is 0 Å². The van der Waals surface area contributed by atoms with Crippen LogP contribution in [0.1, 0.15) is 43.6 Å². The lowest BCUT2D eigenvalue weighted by Gasteiger charge is -2.38. The van der Waals surface area contributed by atoms with Gasteiger partial charge in [-0.05, 0) is 69.7 Å². The van der Waals surface area contributed by atoms with E-state index in [1.54, 1.807) is 0 Å². The number of amides is 1. The van der Waals surface area contributed by atoms with Crippen LogP contribution in [0, 0.1) is 0 Å². The first-order valence-corrected chi connectivity index (χ1v) is 10.7. The first-order valence-electron chi connectivity index (χ1n) is 10.7. The zero-order chi connectivity index (χ0) is 21.3. The van der Waals surface area contributed by atoms with E-state index < -0.39 is 5.54 Å². The van der Waals surface area contributed by atoms with E-state index in [4.69, 9.17) is 9.47 Å². The minimum atomic E-state index is -0.538. The largest absolute Gasteiger partial charge is 0.454 e. The fraction of sp³-hybridized carbons (Fsp3) is 0.458. The molecule has 2 aliphatic heterocycles. The van der Waals surface area contributed by atoms with E-state index in [9.17, 15) is 4.79 Å². The topological polar surface area (TPSA) is 54.0 Å². The molecule has 6 heteroatoms. The van der Waals surface area contributed by atoms with Crippen LogP contribution in [0.15, 0.2) is 42.5 Å². The fourth-order valence-corrected chi connectivity index (χ4v) is 4.03. The highest BCUT2D eigenvalue weighted by Crippen LogP contribution is 2.35. The van der Waals surface area contributed by atoms with E-state index in [2.05, 4.69) is 29.0 Å². The number of carbonyl (C=O) groups excluding carboxylic acids is 1. The van der Waals surface area contributed by atoms with Crippen LogP contribution in [-0.2, 0) is 5.54 Å². The van der Waals surface area contributed by atoms with Gasteiger partial charge >= 0.3 is 0 Å². The monoisotopic (exact) mass is 409 g/mol. The van der Waals surface area contributed by atoms with Gasteiger partial charge in [0.2, 0.25) is 6.79 Å². The summed E-state index contributed by atoms with van der Waals surface area (Å²) >= 11 is 0. The quantitative estimate of drug-likeness (QED) is 0.818. The van der Waals surface area contributed by atoms with Crippen LogP contribution in [-0.4, -0.2) is 49.8 Å². The molecule has 0 spiro atoms. The zero-order valence-corrected chi connectivity index (χ0v) is 18.3. The van der Waals surface area contributed by atoms with Gasteiger partial charge in [-0.3, -0.25) is 9.69 Å².